The lowest BCUT2D eigenvalue weighted by atomic mass is 10.2. The zero-order valence-electron chi connectivity index (χ0n) is 9.67. The summed E-state index contributed by atoms with van der Waals surface area (Å²) < 4.78 is 10.1. The topological polar surface area (TPSA) is 38.7 Å². The van der Waals surface area contributed by atoms with Crippen molar-refractivity contribution in [3.05, 3.63) is 0 Å². The summed E-state index contributed by atoms with van der Waals surface area (Å²) in [5.74, 6) is 1.36. The highest BCUT2D eigenvalue weighted by atomic mass is 35.5. The average molecular weight is 271 g/mol. The van der Waals surface area contributed by atoms with Crippen LogP contribution in [0.15, 0.2) is 0 Å². The Morgan fingerprint density at radius 1 is 0.750 bits per heavy atom. The van der Waals surface area contributed by atoms with E-state index in [2.05, 4.69) is 0 Å². The summed E-state index contributed by atoms with van der Waals surface area (Å²) in [7, 11) is -1.09. The molecule has 0 aliphatic heterocycles. The van der Waals surface area contributed by atoms with Crippen molar-refractivity contribution in [3.8, 4) is 0 Å². The molecule has 0 atom stereocenters. The largest absolute Gasteiger partial charge is 0.636 e. The molecular formula is C10H21BCl2O3. The highest BCUT2D eigenvalue weighted by Crippen LogP contribution is 2.00. The van der Waals surface area contributed by atoms with Gasteiger partial charge in [0.15, 0.2) is 0 Å². The third kappa shape index (κ3) is 12.6. The number of unbranched alkanes of at least 4 members (excludes halogenated alkanes) is 4. The van der Waals surface area contributed by atoms with E-state index in [1.807, 2.05) is 0 Å². The molecule has 0 radical (unpaired) electrons. The maximum Gasteiger partial charge on any atom is 0.636 e. The minimum atomic E-state index is -1.09. The molecule has 0 saturated heterocycles. The Kier molecular flexibility index (Phi) is 14.0. The first kappa shape index (κ1) is 16.5. The van der Waals surface area contributed by atoms with Gasteiger partial charge in [0, 0.05) is 25.0 Å². The summed E-state index contributed by atoms with van der Waals surface area (Å²) in [5, 5.41) is 9.27. The van der Waals surface area contributed by atoms with E-state index < -0.39 is 7.32 Å². The third-order valence-electron chi connectivity index (χ3n) is 2.08. The second kappa shape index (κ2) is 13.6. The van der Waals surface area contributed by atoms with Gasteiger partial charge in [-0.3, -0.25) is 0 Å². The lowest BCUT2D eigenvalue weighted by Crippen LogP contribution is -2.23. The van der Waals surface area contributed by atoms with Crippen LogP contribution < -0.4 is 0 Å². The van der Waals surface area contributed by atoms with Gasteiger partial charge in [0.25, 0.3) is 0 Å². The Bertz CT molecular complexity index is 127. The Hall–Kier alpha value is 0.525. The first-order valence-electron chi connectivity index (χ1n) is 5.84. The van der Waals surface area contributed by atoms with E-state index in [0.717, 1.165) is 38.5 Å². The molecule has 0 aromatic heterocycles. The highest BCUT2D eigenvalue weighted by molar-refractivity contribution is 6.34. The average Bonchev–Trinajstić information content (AvgIpc) is 2.28. The van der Waals surface area contributed by atoms with E-state index >= 15 is 0 Å². The molecule has 6 heteroatoms. The zero-order valence-corrected chi connectivity index (χ0v) is 11.2. The van der Waals surface area contributed by atoms with Gasteiger partial charge in [0.1, 0.15) is 0 Å². The minimum Gasteiger partial charge on any atom is -0.402 e. The van der Waals surface area contributed by atoms with Crippen LogP contribution in [0.2, 0.25) is 0 Å². The molecule has 3 nitrogen and oxygen atoms in total. The van der Waals surface area contributed by atoms with Gasteiger partial charge < -0.3 is 14.3 Å². The van der Waals surface area contributed by atoms with Crippen molar-refractivity contribution in [1.82, 2.24) is 0 Å². The van der Waals surface area contributed by atoms with E-state index in [9.17, 15) is 5.02 Å². The summed E-state index contributed by atoms with van der Waals surface area (Å²) in [6, 6.07) is 0. The summed E-state index contributed by atoms with van der Waals surface area (Å²) in [5.41, 5.74) is 0. The SMILES string of the molecule is OB(OCCCCCCl)OCCCCCCl. The van der Waals surface area contributed by atoms with Crippen LogP contribution in [0.25, 0.3) is 0 Å². The summed E-state index contributed by atoms with van der Waals surface area (Å²) in [4.78, 5) is 0. The number of halogens is 2. The van der Waals surface area contributed by atoms with Gasteiger partial charge in [0.2, 0.25) is 0 Å². The molecule has 0 saturated carbocycles. The number of hydrogen-bond acceptors (Lipinski definition) is 3. The standard InChI is InChI=1S/C10H21BCl2O3/c12-7-3-1-5-9-15-11(14)16-10-6-2-4-8-13/h14H,1-10H2. The van der Waals surface area contributed by atoms with Crippen LogP contribution in [0.1, 0.15) is 38.5 Å². The molecule has 0 aromatic rings. The molecule has 0 heterocycles. The van der Waals surface area contributed by atoms with Gasteiger partial charge in [-0.05, 0) is 25.7 Å². The van der Waals surface area contributed by atoms with Gasteiger partial charge in [-0.15, -0.1) is 23.2 Å². The summed E-state index contributed by atoms with van der Waals surface area (Å²) >= 11 is 11.1. The Labute approximate surface area is 109 Å². The van der Waals surface area contributed by atoms with Crippen molar-refractivity contribution in [2.75, 3.05) is 25.0 Å². The van der Waals surface area contributed by atoms with Gasteiger partial charge in [-0.2, -0.15) is 0 Å². The Morgan fingerprint density at radius 3 is 1.56 bits per heavy atom. The molecular weight excluding hydrogens is 250 g/mol. The molecule has 16 heavy (non-hydrogen) atoms. The van der Waals surface area contributed by atoms with Crippen LogP contribution in [0.3, 0.4) is 0 Å². The van der Waals surface area contributed by atoms with E-state index in [-0.39, 0.29) is 0 Å². The first-order valence-corrected chi connectivity index (χ1v) is 6.91. The van der Waals surface area contributed by atoms with Crippen LogP contribution >= 0.6 is 23.2 Å². The predicted octanol–water partition coefficient (Wildman–Crippen LogP) is 2.82. The molecule has 0 amide bonds. The summed E-state index contributed by atoms with van der Waals surface area (Å²) in [6.45, 7) is 1.03. The van der Waals surface area contributed by atoms with E-state index in [1.54, 1.807) is 0 Å². The van der Waals surface area contributed by atoms with Crippen LogP contribution in [0.5, 0.6) is 0 Å². The van der Waals surface area contributed by atoms with Crippen molar-refractivity contribution >= 4 is 30.5 Å². The van der Waals surface area contributed by atoms with Gasteiger partial charge in [-0.1, -0.05) is 12.8 Å². The molecule has 0 aliphatic rings. The molecule has 0 bridgehead atoms. The zero-order chi connectivity index (χ0) is 12.1. The van der Waals surface area contributed by atoms with Gasteiger partial charge in [-0.25, -0.2) is 0 Å². The second-order valence-corrected chi connectivity index (χ2v) is 4.30. The number of rotatable bonds is 12. The third-order valence-corrected chi connectivity index (χ3v) is 2.61. The fourth-order valence-corrected chi connectivity index (χ4v) is 1.54. The number of alkyl halides is 2. The monoisotopic (exact) mass is 270 g/mol. The smallest absolute Gasteiger partial charge is 0.402 e. The molecule has 0 aromatic carbocycles. The van der Waals surface area contributed by atoms with Crippen LogP contribution in [-0.4, -0.2) is 37.3 Å². The molecule has 1 N–H and O–H groups in total. The quantitative estimate of drug-likeness (QED) is 0.337. The first-order chi connectivity index (χ1) is 7.81. The fourth-order valence-electron chi connectivity index (χ4n) is 1.16. The predicted molar refractivity (Wildman–Crippen MR) is 69.0 cm³/mol. The molecule has 0 rings (SSSR count). The molecule has 0 unspecified atom stereocenters. The number of hydrogen-bond donors (Lipinski definition) is 1. The molecule has 0 fully saturated rings. The molecule has 96 valence electrons. The lowest BCUT2D eigenvalue weighted by Gasteiger charge is -2.08. The van der Waals surface area contributed by atoms with E-state index in [4.69, 9.17) is 32.5 Å². The van der Waals surface area contributed by atoms with Gasteiger partial charge in [0.05, 0.1) is 0 Å². The van der Waals surface area contributed by atoms with Crippen LogP contribution in [0, 0.1) is 0 Å². The maximum atomic E-state index is 9.27. The normalized spacial score (nSPS) is 10.7. The van der Waals surface area contributed by atoms with Crippen molar-refractivity contribution in [2.45, 2.75) is 38.5 Å². The van der Waals surface area contributed by atoms with E-state index in [1.165, 1.54) is 0 Å². The Balaban J connectivity index is 3.09. The van der Waals surface area contributed by atoms with Crippen LogP contribution in [-0.2, 0) is 9.31 Å². The van der Waals surface area contributed by atoms with Crippen molar-refractivity contribution in [2.24, 2.45) is 0 Å². The fraction of sp³-hybridized carbons (Fsp3) is 1.00. The molecule has 0 spiro atoms. The highest BCUT2D eigenvalue weighted by Gasteiger charge is 2.14. The maximum absolute atomic E-state index is 9.27. The molecule has 0 aliphatic carbocycles. The minimum absolute atomic E-state index is 0.514. The van der Waals surface area contributed by atoms with Gasteiger partial charge >= 0.3 is 7.32 Å². The lowest BCUT2D eigenvalue weighted by molar-refractivity contribution is 0.129. The van der Waals surface area contributed by atoms with Crippen LogP contribution in [0.4, 0.5) is 0 Å². The van der Waals surface area contributed by atoms with E-state index in [0.29, 0.717) is 25.0 Å². The Morgan fingerprint density at radius 2 is 1.19 bits per heavy atom. The van der Waals surface area contributed by atoms with Crippen molar-refractivity contribution in [1.29, 1.82) is 0 Å². The summed E-state index contributed by atoms with van der Waals surface area (Å²) in [6.07, 6.45) is 5.82. The van der Waals surface area contributed by atoms with Crippen molar-refractivity contribution in [3.63, 3.8) is 0 Å². The second-order valence-electron chi connectivity index (χ2n) is 3.55. The van der Waals surface area contributed by atoms with Crippen molar-refractivity contribution < 1.29 is 14.3 Å².